The SMILES string of the molecule is CCC(CO)(CCCn1cc(C(F)(F)F)cn1)NC1CC1. The number of hydrogen-bond donors (Lipinski definition) is 2. The molecule has 1 aliphatic carbocycles. The number of nitrogens with one attached hydrogen (secondary N) is 1. The van der Waals surface area contributed by atoms with Crippen molar-refractivity contribution in [1.29, 1.82) is 0 Å². The molecule has 0 radical (unpaired) electrons. The Morgan fingerprint density at radius 3 is 2.62 bits per heavy atom. The van der Waals surface area contributed by atoms with Crippen LogP contribution in [0.15, 0.2) is 12.4 Å². The van der Waals surface area contributed by atoms with E-state index in [1.807, 2.05) is 6.92 Å². The van der Waals surface area contributed by atoms with Crippen molar-refractivity contribution < 1.29 is 18.3 Å². The molecule has 2 N–H and O–H groups in total. The molecule has 1 aromatic heterocycles. The van der Waals surface area contributed by atoms with E-state index < -0.39 is 11.7 Å². The number of nitrogens with zero attached hydrogens (tertiary/aromatic N) is 2. The molecule has 0 bridgehead atoms. The molecular weight excluding hydrogens is 283 g/mol. The van der Waals surface area contributed by atoms with Crippen molar-refractivity contribution in [3.63, 3.8) is 0 Å². The van der Waals surface area contributed by atoms with Gasteiger partial charge in [0.2, 0.25) is 0 Å². The quantitative estimate of drug-likeness (QED) is 0.776. The summed E-state index contributed by atoms with van der Waals surface area (Å²) in [4.78, 5) is 0. The molecule has 1 heterocycles. The fourth-order valence-electron chi connectivity index (χ4n) is 2.46. The summed E-state index contributed by atoms with van der Waals surface area (Å²) >= 11 is 0. The number of aromatic nitrogens is 2. The van der Waals surface area contributed by atoms with E-state index >= 15 is 0 Å². The molecule has 0 amide bonds. The highest BCUT2D eigenvalue weighted by Gasteiger charge is 2.34. The van der Waals surface area contributed by atoms with Crippen LogP contribution in [0.25, 0.3) is 0 Å². The second-order valence-electron chi connectivity index (χ2n) is 5.80. The largest absolute Gasteiger partial charge is 0.419 e. The number of rotatable bonds is 8. The van der Waals surface area contributed by atoms with Crippen LogP contribution in [0.3, 0.4) is 0 Å². The van der Waals surface area contributed by atoms with Crippen molar-refractivity contribution in [2.45, 2.75) is 63.3 Å². The maximum Gasteiger partial charge on any atom is 0.419 e. The van der Waals surface area contributed by atoms with E-state index in [1.165, 1.54) is 4.68 Å². The molecule has 1 aliphatic rings. The zero-order chi connectivity index (χ0) is 15.5. The Bertz CT molecular complexity index is 451. The zero-order valence-corrected chi connectivity index (χ0v) is 12.2. The highest BCUT2D eigenvalue weighted by Crippen LogP contribution is 2.29. The summed E-state index contributed by atoms with van der Waals surface area (Å²) < 4.78 is 38.7. The van der Waals surface area contributed by atoms with Gasteiger partial charge < -0.3 is 10.4 Å². The predicted molar refractivity (Wildman–Crippen MR) is 72.7 cm³/mol. The van der Waals surface area contributed by atoms with Gasteiger partial charge in [0.1, 0.15) is 0 Å². The topological polar surface area (TPSA) is 50.1 Å². The molecule has 1 atom stereocenters. The van der Waals surface area contributed by atoms with Crippen molar-refractivity contribution in [2.75, 3.05) is 6.61 Å². The van der Waals surface area contributed by atoms with Crippen LogP contribution in [0.4, 0.5) is 13.2 Å². The van der Waals surface area contributed by atoms with Gasteiger partial charge in [-0.1, -0.05) is 6.92 Å². The molecule has 0 saturated heterocycles. The molecule has 1 saturated carbocycles. The monoisotopic (exact) mass is 305 g/mol. The first-order chi connectivity index (χ1) is 9.88. The second kappa shape index (κ2) is 6.36. The van der Waals surface area contributed by atoms with E-state index in [0.717, 1.165) is 38.1 Å². The number of aryl methyl sites for hydroxylation is 1. The number of aliphatic hydroxyl groups excluding tert-OH is 1. The highest BCUT2D eigenvalue weighted by molar-refractivity contribution is 5.08. The number of aliphatic hydroxyl groups is 1. The first kappa shape index (κ1) is 16.3. The lowest BCUT2D eigenvalue weighted by Gasteiger charge is -2.32. The third kappa shape index (κ3) is 4.44. The molecule has 1 fully saturated rings. The summed E-state index contributed by atoms with van der Waals surface area (Å²) in [5.41, 5.74) is -1.04. The number of hydrogen-bond acceptors (Lipinski definition) is 3. The van der Waals surface area contributed by atoms with E-state index in [2.05, 4.69) is 10.4 Å². The van der Waals surface area contributed by atoms with Crippen LogP contribution in [0.1, 0.15) is 44.6 Å². The first-order valence-corrected chi connectivity index (χ1v) is 7.37. The van der Waals surface area contributed by atoms with Crippen LogP contribution in [0, 0.1) is 0 Å². The molecule has 120 valence electrons. The van der Waals surface area contributed by atoms with Gasteiger partial charge in [-0.25, -0.2) is 0 Å². The fourth-order valence-corrected chi connectivity index (χ4v) is 2.46. The lowest BCUT2D eigenvalue weighted by atomic mass is 9.91. The van der Waals surface area contributed by atoms with Crippen LogP contribution in [0.5, 0.6) is 0 Å². The Morgan fingerprint density at radius 1 is 1.43 bits per heavy atom. The predicted octanol–water partition coefficient (Wildman–Crippen LogP) is 2.58. The minimum absolute atomic E-state index is 0.0485. The van der Waals surface area contributed by atoms with Gasteiger partial charge in [0.15, 0.2) is 0 Å². The minimum Gasteiger partial charge on any atom is -0.394 e. The van der Waals surface area contributed by atoms with Crippen molar-refractivity contribution >= 4 is 0 Å². The Hall–Kier alpha value is -1.08. The average Bonchev–Trinajstić information content (AvgIpc) is 3.10. The van der Waals surface area contributed by atoms with Crippen molar-refractivity contribution in [3.05, 3.63) is 18.0 Å². The summed E-state index contributed by atoms with van der Waals surface area (Å²) in [6.07, 6.45) is 2.00. The van der Waals surface area contributed by atoms with Gasteiger partial charge in [-0.05, 0) is 32.1 Å². The van der Waals surface area contributed by atoms with Crippen molar-refractivity contribution in [2.24, 2.45) is 0 Å². The molecular formula is C14H22F3N3O. The summed E-state index contributed by atoms with van der Waals surface area (Å²) in [6.45, 7) is 2.48. The van der Waals surface area contributed by atoms with E-state index in [1.54, 1.807) is 0 Å². The van der Waals surface area contributed by atoms with Gasteiger partial charge in [0, 0.05) is 24.3 Å². The smallest absolute Gasteiger partial charge is 0.394 e. The van der Waals surface area contributed by atoms with E-state index in [9.17, 15) is 18.3 Å². The normalized spacial score (nSPS) is 18.7. The van der Waals surface area contributed by atoms with E-state index in [4.69, 9.17) is 0 Å². The van der Waals surface area contributed by atoms with Gasteiger partial charge in [0.25, 0.3) is 0 Å². The molecule has 1 unspecified atom stereocenters. The number of halogens is 3. The molecule has 4 nitrogen and oxygen atoms in total. The summed E-state index contributed by atoms with van der Waals surface area (Å²) in [5.74, 6) is 0. The van der Waals surface area contributed by atoms with Crippen LogP contribution < -0.4 is 5.32 Å². The minimum atomic E-state index is -4.34. The van der Waals surface area contributed by atoms with Gasteiger partial charge in [-0.2, -0.15) is 18.3 Å². The van der Waals surface area contributed by atoms with Crippen LogP contribution in [-0.4, -0.2) is 33.1 Å². The van der Waals surface area contributed by atoms with Crippen molar-refractivity contribution in [3.8, 4) is 0 Å². The second-order valence-corrected chi connectivity index (χ2v) is 5.80. The van der Waals surface area contributed by atoms with Crippen molar-refractivity contribution in [1.82, 2.24) is 15.1 Å². The van der Waals surface area contributed by atoms with Crippen LogP contribution in [0.2, 0.25) is 0 Å². The summed E-state index contributed by atoms with van der Waals surface area (Å²) in [7, 11) is 0. The number of alkyl halides is 3. The highest BCUT2D eigenvalue weighted by atomic mass is 19.4. The van der Waals surface area contributed by atoms with E-state index in [-0.39, 0.29) is 12.1 Å². The standard InChI is InChI=1S/C14H22F3N3O/c1-2-13(10-21,19-12-4-5-12)6-3-7-20-9-11(8-18-20)14(15,16)17/h8-9,12,19,21H,2-7,10H2,1H3. The molecule has 0 aromatic carbocycles. The van der Waals surface area contributed by atoms with Gasteiger partial charge in [0.05, 0.1) is 18.4 Å². The maximum absolute atomic E-state index is 12.5. The fraction of sp³-hybridized carbons (Fsp3) is 0.786. The Balaban J connectivity index is 1.85. The van der Waals surface area contributed by atoms with Gasteiger partial charge >= 0.3 is 6.18 Å². The molecule has 0 aliphatic heterocycles. The van der Waals surface area contributed by atoms with Crippen LogP contribution >= 0.6 is 0 Å². The van der Waals surface area contributed by atoms with Gasteiger partial charge in [-0.3, -0.25) is 4.68 Å². The first-order valence-electron chi connectivity index (χ1n) is 7.37. The third-order valence-corrected chi connectivity index (χ3v) is 4.07. The molecule has 21 heavy (non-hydrogen) atoms. The zero-order valence-electron chi connectivity index (χ0n) is 12.2. The van der Waals surface area contributed by atoms with Crippen LogP contribution in [-0.2, 0) is 12.7 Å². The lowest BCUT2D eigenvalue weighted by Crippen LogP contribution is -2.49. The Labute approximate surface area is 122 Å². The summed E-state index contributed by atoms with van der Waals surface area (Å²) in [6, 6.07) is 0.485. The molecule has 7 heteroatoms. The summed E-state index contributed by atoms with van der Waals surface area (Å²) in [5, 5.41) is 16.8. The lowest BCUT2D eigenvalue weighted by molar-refractivity contribution is -0.137. The third-order valence-electron chi connectivity index (χ3n) is 4.07. The molecule has 0 spiro atoms. The Kier molecular flexibility index (Phi) is 4.93. The maximum atomic E-state index is 12.5. The Morgan fingerprint density at radius 2 is 2.14 bits per heavy atom. The van der Waals surface area contributed by atoms with Gasteiger partial charge in [-0.15, -0.1) is 0 Å². The molecule has 2 rings (SSSR count). The average molecular weight is 305 g/mol. The van der Waals surface area contributed by atoms with E-state index in [0.29, 0.717) is 19.0 Å². The molecule has 1 aromatic rings.